The quantitative estimate of drug-likeness (QED) is 0.461. The second kappa shape index (κ2) is 8.29. The van der Waals surface area contributed by atoms with Crippen LogP contribution >= 0.6 is 0 Å². The van der Waals surface area contributed by atoms with Crippen LogP contribution in [-0.4, -0.2) is 14.5 Å². The van der Waals surface area contributed by atoms with Crippen molar-refractivity contribution < 1.29 is 12.6 Å². The summed E-state index contributed by atoms with van der Waals surface area (Å²) in [4.78, 5) is 0.162. The Morgan fingerprint density at radius 3 is 2.00 bits per heavy atom. The van der Waals surface area contributed by atoms with Gasteiger partial charge < -0.3 is 0 Å². The Kier molecular flexibility index (Phi) is 5.69. The van der Waals surface area contributed by atoms with Crippen molar-refractivity contribution in [2.75, 3.05) is 0 Å². The molecule has 2 unspecified atom stereocenters. The molecule has 0 saturated heterocycles. The summed E-state index contributed by atoms with van der Waals surface area (Å²) >= 11 is 0. The summed E-state index contributed by atoms with van der Waals surface area (Å²) in [6, 6.07) is 26.8. The molecule has 3 nitrogen and oxygen atoms in total. The third-order valence-electron chi connectivity index (χ3n) is 5.98. The van der Waals surface area contributed by atoms with E-state index in [2.05, 4.69) is 26.0 Å². The molecule has 0 spiro atoms. The van der Waals surface area contributed by atoms with Crippen molar-refractivity contribution in [1.29, 1.82) is 0 Å². The Morgan fingerprint density at radius 1 is 0.806 bits per heavy atom. The molecule has 158 valence electrons. The normalized spacial score (nSPS) is 21.3. The van der Waals surface area contributed by atoms with E-state index in [4.69, 9.17) is 4.18 Å². The van der Waals surface area contributed by atoms with Crippen LogP contribution in [0.5, 0.6) is 0 Å². The Hall–Kier alpha value is -2.95. The minimum absolute atomic E-state index is 0.162. The predicted octanol–water partition coefficient (Wildman–Crippen LogP) is 6.07. The molecule has 0 saturated carbocycles. The van der Waals surface area contributed by atoms with Crippen LogP contribution in [-0.2, 0) is 19.7 Å². The van der Waals surface area contributed by atoms with Crippen LogP contribution < -0.4 is 0 Å². The Morgan fingerprint density at radius 2 is 1.39 bits per heavy atom. The van der Waals surface area contributed by atoms with Crippen molar-refractivity contribution in [3.05, 3.63) is 119 Å². The largest absolute Gasteiger partial charge is 0.297 e. The fourth-order valence-corrected chi connectivity index (χ4v) is 5.42. The fraction of sp³-hybridized carbons (Fsp3) is 0.185. The van der Waals surface area contributed by atoms with Crippen LogP contribution in [0.1, 0.15) is 30.5 Å². The summed E-state index contributed by atoms with van der Waals surface area (Å²) in [5.41, 5.74) is 4.50. The molecule has 4 heteroatoms. The standard InChI is InChI=1S/C27H26O3S/c1-20-14-17-24(18-15-20)31(28,29)30-25-19-16-21(2)26(22-10-6-4-7-11-22)27(25,3)23-12-8-5-9-13-23/h4-19,25H,1-3H3. The lowest BCUT2D eigenvalue weighted by atomic mass is 9.65. The van der Waals surface area contributed by atoms with Gasteiger partial charge in [-0.25, -0.2) is 0 Å². The molecule has 0 fully saturated rings. The molecule has 0 bridgehead atoms. The maximum Gasteiger partial charge on any atom is 0.297 e. The first kappa shape index (κ1) is 21.3. The first-order valence-electron chi connectivity index (χ1n) is 10.3. The van der Waals surface area contributed by atoms with Crippen LogP contribution in [0.4, 0.5) is 0 Å². The van der Waals surface area contributed by atoms with Crippen molar-refractivity contribution in [3.8, 4) is 0 Å². The topological polar surface area (TPSA) is 43.4 Å². The third kappa shape index (κ3) is 4.01. The van der Waals surface area contributed by atoms with Gasteiger partial charge in [-0.2, -0.15) is 8.42 Å². The first-order valence-corrected chi connectivity index (χ1v) is 11.7. The number of benzene rings is 3. The van der Waals surface area contributed by atoms with Crippen LogP contribution in [0.25, 0.3) is 5.57 Å². The van der Waals surface area contributed by atoms with Gasteiger partial charge in [0.1, 0.15) is 6.10 Å². The predicted molar refractivity (Wildman–Crippen MR) is 125 cm³/mol. The highest BCUT2D eigenvalue weighted by Crippen LogP contribution is 2.47. The van der Waals surface area contributed by atoms with Gasteiger partial charge >= 0.3 is 0 Å². The summed E-state index contributed by atoms with van der Waals surface area (Å²) in [6.45, 7) is 6.05. The van der Waals surface area contributed by atoms with Gasteiger partial charge in [0.05, 0.1) is 4.90 Å². The third-order valence-corrected chi connectivity index (χ3v) is 7.29. The second-order valence-corrected chi connectivity index (χ2v) is 9.71. The highest BCUT2D eigenvalue weighted by Gasteiger charge is 2.44. The van der Waals surface area contributed by atoms with Crippen molar-refractivity contribution in [2.45, 2.75) is 37.2 Å². The van der Waals surface area contributed by atoms with Crippen LogP contribution in [0, 0.1) is 6.92 Å². The highest BCUT2D eigenvalue weighted by atomic mass is 32.2. The molecule has 0 radical (unpaired) electrons. The lowest BCUT2D eigenvalue weighted by Crippen LogP contribution is -2.42. The maximum absolute atomic E-state index is 13.2. The van der Waals surface area contributed by atoms with Crippen LogP contribution in [0.15, 0.2) is 108 Å². The molecule has 4 rings (SSSR count). The molecule has 0 aliphatic heterocycles. The van der Waals surface area contributed by atoms with Gasteiger partial charge in [-0.1, -0.05) is 90.5 Å². The Labute approximate surface area is 184 Å². The number of hydrogen-bond acceptors (Lipinski definition) is 3. The van der Waals surface area contributed by atoms with Gasteiger partial charge in [0, 0.05) is 5.41 Å². The zero-order chi connectivity index (χ0) is 22.1. The van der Waals surface area contributed by atoms with Gasteiger partial charge in [0.2, 0.25) is 0 Å². The maximum atomic E-state index is 13.2. The van der Waals surface area contributed by atoms with E-state index in [1.54, 1.807) is 24.3 Å². The van der Waals surface area contributed by atoms with Crippen LogP contribution in [0.2, 0.25) is 0 Å². The molecule has 0 N–H and O–H groups in total. The summed E-state index contributed by atoms with van der Waals surface area (Å²) in [5, 5.41) is 0. The Balaban J connectivity index is 1.84. The van der Waals surface area contributed by atoms with Crippen molar-refractivity contribution in [2.24, 2.45) is 0 Å². The molecule has 0 aromatic heterocycles. The number of allylic oxidation sites excluding steroid dienone is 2. The molecule has 2 atom stereocenters. The van der Waals surface area contributed by atoms with Gasteiger partial charge in [-0.3, -0.25) is 4.18 Å². The number of rotatable bonds is 5. The average Bonchev–Trinajstić information content (AvgIpc) is 2.77. The highest BCUT2D eigenvalue weighted by molar-refractivity contribution is 7.86. The van der Waals surface area contributed by atoms with Crippen molar-refractivity contribution in [1.82, 2.24) is 0 Å². The smallest absolute Gasteiger partial charge is 0.258 e. The number of hydrogen-bond donors (Lipinski definition) is 0. The summed E-state index contributed by atoms with van der Waals surface area (Å²) < 4.78 is 32.3. The average molecular weight is 431 g/mol. The monoisotopic (exact) mass is 430 g/mol. The molecule has 3 aromatic carbocycles. The van der Waals surface area contributed by atoms with E-state index in [0.717, 1.165) is 27.8 Å². The second-order valence-electron chi connectivity index (χ2n) is 8.14. The van der Waals surface area contributed by atoms with E-state index in [0.29, 0.717) is 0 Å². The zero-order valence-corrected chi connectivity index (χ0v) is 18.8. The SMILES string of the molecule is CC1=C(c2ccccc2)C(C)(c2ccccc2)C(OS(=O)(=O)c2ccc(C)cc2)C=C1. The number of aryl methyl sites for hydroxylation is 1. The van der Waals surface area contributed by atoms with E-state index in [1.165, 1.54) is 0 Å². The lowest BCUT2D eigenvalue weighted by molar-refractivity contribution is 0.196. The molecule has 1 aliphatic rings. The molecule has 1 aliphatic carbocycles. The fourth-order valence-electron chi connectivity index (χ4n) is 4.31. The molecular formula is C27H26O3S. The molecular weight excluding hydrogens is 404 g/mol. The molecule has 31 heavy (non-hydrogen) atoms. The summed E-state index contributed by atoms with van der Waals surface area (Å²) in [6.07, 6.45) is 3.13. The van der Waals surface area contributed by atoms with Crippen molar-refractivity contribution >= 4 is 15.7 Å². The van der Waals surface area contributed by atoms with E-state index >= 15 is 0 Å². The molecule has 0 amide bonds. The van der Waals surface area contributed by atoms with E-state index in [9.17, 15) is 8.42 Å². The summed E-state index contributed by atoms with van der Waals surface area (Å²) in [7, 11) is -3.95. The minimum Gasteiger partial charge on any atom is -0.258 e. The van der Waals surface area contributed by atoms with Gasteiger partial charge in [-0.15, -0.1) is 0 Å². The Bertz CT molecular complexity index is 1220. The lowest BCUT2D eigenvalue weighted by Gasteiger charge is -2.41. The van der Waals surface area contributed by atoms with E-state index in [1.807, 2.05) is 67.6 Å². The van der Waals surface area contributed by atoms with Gasteiger partial charge in [-0.05, 0) is 55.2 Å². The van der Waals surface area contributed by atoms with E-state index in [-0.39, 0.29) is 4.90 Å². The summed E-state index contributed by atoms with van der Waals surface area (Å²) in [5.74, 6) is 0. The minimum atomic E-state index is -3.95. The van der Waals surface area contributed by atoms with Crippen LogP contribution in [0.3, 0.4) is 0 Å². The van der Waals surface area contributed by atoms with E-state index < -0.39 is 21.6 Å². The molecule has 0 heterocycles. The van der Waals surface area contributed by atoms with Gasteiger partial charge in [0.25, 0.3) is 10.1 Å². The first-order chi connectivity index (χ1) is 14.8. The zero-order valence-electron chi connectivity index (χ0n) is 17.9. The molecule has 3 aromatic rings. The van der Waals surface area contributed by atoms with Gasteiger partial charge in [0.15, 0.2) is 0 Å². The van der Waals surface area contributed by atoms with Crippen molar-refractivity contribution in [3.63, 3.8) is 0 Å².